The Morgan fingerprint density at radius 3 is 2.35 bits per heavy atom. The number of aromatic nitrogens is 2. The Morgan fingerprint density at radius 1 is 1.00 bits per heavy atom. The maximum Gasteiger partial charge on any atom is 0.359 e. The average Bonchev–Trinajstić information content (AvgIpc) is 3.61. The van der Waals surface area contributed by atoms with Crippen LogP contribution >= 0.6 is 11.3 Å². The van der Waals surface area contributed by atoms with Gasteiger partial charge in [0, 0.05) is 11.8 Å². The van der Waals surface area contributed by atoms with E-state index < -0.39 is 11.9 Å². The highest BCUT2D eigenvalue weighted by Crippen LogP contribution is 2.31. The number of carbonyl (C=O) groups is 2. The predicted octanol–water partition coefficient (Wildman–Crippen LogP) is 4.95. The second kappa shape index (κ2) is 9.29. The highest BCUT2D eigenvalue weighted by molar-refractivity contribution is 7.13. The van der Waals surface area contributed by atoms with Gasteiger partial charge in [-0.1, -0.05) is 42.5 Å². The van der Waals surface area contributed by atoms with E-state index >= 15 is 0 Å². The van der Waals surface area contributed by atoms with E-state index in [0.29, 0.717) is 16.9 Å². The van der Waals surface area contributed by atoms with Crippen LogP contribution < -0.4 is 5.01 Å². The second-order valence-corrected chi connectivity index (χ2v) is 8.32. The lowest BCUT2D eigenvalue weighted by Gasteiger charge is -2.10. The number of benzene rings is 2. The summed E-state index contributed by atoms with van der Waals surface area (Å²) in [5.74, 6) is -1.05. The first-order valence-corrected chi connectivity index (χ1v) is 11.6. The number of esters is 1. The second-order valence-electron chi connectivity index (χ2n) is 7.37. The van der Waals surface area contributed by atoms with Crippen molar-refractivity contribution in [3.63, 3.8) is 0 Å². The van der Waals surface area contributed by atoms with Crippen LogP contribution in [0.25, 0.3) is 22.3 Å². The Bertz CT molecular complexity index is 1390. The summed E-state index contributed by atoms with van der Waals surface area (Å²) in [5, 5.41) is 12.3. The third kappa shape index (κ3) is 4.06. The summed E-state index contributed by atoms with van der Waals surface area (Å²) < 4.78 is 6.96. The Morgan fingerprint density at radius 2 is 1.71 bits per heavy atom. The lowest BCUT2D eigenvalue weighted by molar-refractivity contribution is -0.135. The third-order valence-electron chi connectivity index (χ3n) is 5.17. The molecule has 0 saturated carbocycles. The molecule has 5 rings (SSSR count). The number of hydrogen-bond donors (Lipinski definition) is 0. The van der Waals surface area contributed by atoms with Crippen LogP contribution in [0.15, 0.2) is 95.0 Å². The molecular weight excluding hydrogens is 448 g/mol. The molecular formula is C26H20N4O3S. The van der Waals surface area contributed by atoms with Gasteiger partial charge in [0.2, 0.25) is 0 Å². The molecule has 7 nitrogen and oxygen atoms in total. The molecule has 0 N–H and O–H groups in total. The molecule has 1 aliphatic rings. The zero-order valence-corrected chi connectivity index (χ0v) is 19.1. The minimum absolute atomic E-state index is 0.0275. The van der Waals surface area contributed by atoms with Crippen LogP contribution in [0.3, 0.4) is 0 Å². The quantitative estimate of drug-likeness (QED) is 0.296. The minimum atomic E-state index is -0.645. The smallest absolute Gasteiger partial charge is 0.359 e. The summed E-state index contributed by atoms with van der Waals surface area (Å²) in [7, 11) is 0. The number of rotatable bonds is 6. The Labute approximate surface area is 200 Å². The molecule has 2 aromatic heterocycles. The maximum absolute atomic E-state index is 13.4. The molecule has 1 amide bonds. The number of hydrazone groups is 1. The third-order valence-corrected chi connectivity index (χ3v) is 6.04. The fourth-order valence-corrected chi connectivity index (χ4v) is 4.34. The first kappa shape index (κ1) is 21.5. The Balaban J connectivity index is 1.63. The minimum Gasteiger partial charge on any atom is -0.461 e. The van der Waals surface area contributed by atoms with E-state index in [9.17, 15) is 9.59 Å². The number of para-hydroxylation sites is 2. The van der Waals surface area contributed by atoms with Crippen molar-refractivity contribution in [1.82, 2.24) is 9.78 Å². The van der Waals surface area contributed by atoms with Crippen LogP contribution in [0.5, 0.6) is 0 Å². The summed E-state index contributed by atoms with van der Waals surface area (Å²) >= 11 is 1.55. The van der Waals surface area contributed by atoms with Crippen LogP contribution in [-0.4, -0.2) is 34.0 Å². The van der Waals surface area contributed by atoms with Gasteiger partial charge in [0.15, 0.2) is 5.71 Å². The van der Waals surface area contributed by atoms with Gasteiger partial charge in [0.25, 0.3) is 5.91 Å². The molecule has 0 aliphatic carbocycles. The summed E-state index contributed by atoms with van der Waals surface area (Å²) in [4.78, 5) is 27.1. The zero-order chi connectivity index (χ0) is 23.5. The molecule has 4 aromatic rings. The van der Waals surface area contributed by atoms with Gasteiger partial charge in [-0.2, -0.15) is 15.2 Å². The van der Waals surface area contributed by atoms with Crippen molar-refractivity contribution in [3.05, 3.63) is 95.5 Å². The van der Waals surface area contributed by atoms with E-state index in [-0.39, 0.29) is 17.9 Å². The van der Waals surface area contributed by atoms with E-state index in [4.69, 9.17) is 9.84 Å². The first-order chi connectivity index (χ1) is 16.7. The summed E-state index contributed by atoms with van der Waals surface area (Å²) in [6.45, 7) is 1.89. The van der Waals surface area contributed by atoms with Crippen molar-refractivity contribution >= 4 is 40.7 Å². The van der Waals surface area contributed by atoms with Gasteiger partial charge in [-0.15, -0.1) is 11.3 Å². The van der Waals surface area contributed by atoms with Crippen molar-refractivity contribution in [2.75, 3.05) is 11.6 Å². The van der Waals surface area contributed by atoms with Crippen LogP contribution in [0.1, 0.15) is 12.5 Å². The molecule has 0 unspecified atom stereocenters. The van der Waals surface area contributed by atoms with E-state index in [1.54, 1.807) is 41.2 Å². The fraction of sp³-hybridized carbons (Fsp3) is 0.0769. The summed E-state index contributed by atoms with van der Waals surface area (Å²) in [5.41, 5.74) is 2.99. The van der Waals surface area contributed by atoms with Gasteiger partial charge < -0.3 is 4.74 Å². The lowest BCUT2D eigenvalue weighted by atomic mass is 10.1. The number of carbonyl (C=O) groups excluding carboxylic acids is 2. The molecule has 0 atom stereocenters. The van der Waals surface area contributed by atoms with Gasteiger partial charge in [0.1, 0.15) is 5.69 Å². The van der Waals surface area contributed by atoms with Crippen LogP contribution in [0.2, 0.25) is 0 Å². The number of thiophene rings is 1. The molecule has 0 saturated heterocycles. The molecule has 0 radical (unpaired) electrons. The van der Waals surface area contributed by atoms with Crippen molar-refractivity contribution in [2.45, 2.75) is 6.92 Å². The lowest BCUT2D eigenvalue weighted by Crippen LogP contribution is -2.22. The normalized spacial score (nSPS) is 14.5. The van der Waals surface area contributed by atoms with Crippen molar-refractivity contribution in [3.8, 4) is 16.3 Å². The number of hydrogen-bond acceptors (Lipinski definition) is 6. The van der Waals surface area contributed by atoms with E-state index in [1.807, 2.05) is 72.2 Å². The van der Waals surface area contributed by atoms with Crippen molar-refractivity contribution in [2.24, 2.45) is 5.10 Å². The maximum atomic E-state index is 13.4. The molecule has 34 heavy (non-hydrogen) atoms. The van der Waals surface area contributed by atoms with Gasteiger partial charge in [-0.25, -0.2) is 9.48 Å². The Hall–Kier alpha value is -4.30. The zero-order valence-electron chi connectivity index (χ0n) is 18.3. The molecule has 0 bridgehead atoms. The van der Waals surface area contributed by atoms with Crippen molar-refractivity contribution in [1.29, 1.82) is 0 Å². The molecule has 3 heterocycles. The van der Waals surface area contributed by atoms with Crippen LogP contribution in [-0.2, 0) is 14.3 Å². The number of amides is 1. The number of nitrogens with zero attached hydrogens (tertiary/aromatic N) is 4. The predicted molar refractivity (Wildman–Crippen MR) is 133 cm³/mol. The number of anilines is 1. The first-order valence-electron chi connectivity index (χ1n) is 10.7. The standard InChI is InChI=1S/C26H20N4O3S/c1-2-33-26(32)24-21(25(31)30(28-24)20-12-7-4-8-13-20)16-18-17-29(19-10-5-3-6-11-19)27-23(18)22-14-9-15-34-22/h3-17H,2H2,1H3/b21-16-. The molecule has 2 aromatic carbocycles. The Kier molecular flexibility index (Phi) is 5.88. The summed E-state index contributed by atoms with van der Waals surface area (Å²) in [6, 6.07) is 22.6. The SMILES string of the molecule is CCOC(=O)C1=NN(c2ccccc2)C(=O)/C1=C\c1cn(-c2ccccc2)nc1-c1cccs1. The van der Waals surface area contributed by atoms with Gasteiger partial charge >= 0.3 is 5.97 Å². The van der Waals surface area contributed by atoms with Gasteiger partial charge in [-0.3, -0.25) is 4.79 Å². The van der Waals surface area contributed by atoms with Crippen LogP contribution in [0, 0.1) is 0 Å². The largest absolute Gasteiger partial charge is 0.461 e. The topological polar surface area (TPSA) is 76.8 Å². The van der Waals surface area contributed by atoms with E-state index in [0.717, 1.165) is 10.6 Å². The molecule has 168 valence electrons. The molecule has 0 spiro atoms. The summed E-state index contributed by atoms with van der Waals surface area (Å²) in [6.07, 6.45) is 3.52. The van der Waals surface area contributed by atoms with Crippen LogP contribution in [0.4, 0.5) is 5.69 Å². The van der Waals surface area contributed by atoms with Gasteiger partial charge in [-0.05, 0) is 48.7 Å². The number of ether oxygens (including phenoxy) is 1. The fourth-order valence-electron chi connectivity index (χ4n) is 3.61. The van der Waals surface area contributed by atoms with Crippen molar-refractivity contribution < 1.29 is 14.3 Å². The highest BCUT2D eigenvalue weighted by Gasteiger charge is 2.36. The van der Waals surface area contributed by atoms with E-state index in [2.05, 4.69) is 5.10 Å². The average molecular weight is 469 g/mol. The molecule has 0 fully saturated rings. The monoisotopic (exact) mass is 468 g/mol. The molecule has 1 aliphatic heterocycles. The molecule has 8 heteroatoms. The van der Waals surface area contributed by atoms with E-state index in [1.165, 1.54) is 5.01 Å². The highest BCUT2D eigenvalue weighted by atomic mass is 32.1. The van der Waals surface area contributed by atoms with Gasteiger partial charge in [0.05, 0.1) is 28.4 Å².